The molecular formula is C21H24ClN3O4. The molecule has 0 saturated carbocycles. The van der Waals surface area contributed by atoms with E-state index in [0.29, 0.717) is 28.4 Å². The van der Waals surface area contributed by atoms with Gasteiger partial charge in [-0.15, -0.1) is 0 Å². The van der Waals surface area contributed by atoms with Crippen LogP contribution >= 0.6 is 11.6 Å². The summed E-state index contributed by atoms with van der Waals surface area (Å²) in [6, 6.07) is 12.3. The number of ether oxygens (including phenoxy) is 1. The third-order valence-electron chi connectivity index (χ3n) is 4.39. The van der Waals surface area contributed by atoms with E-state index in [9.17, 15) is 14.4 Å². The van der Waals surface area contributed by atoms with Gasteiger partial charge < -0.3 is 21.1 Å². The van der Waals surface area contributed by atoms with Crippen LogP contribution in [0.25, 0.3) is 0 Å². The summed E-state index contributed by atoms with van der Waals surface area (Å²) in [7, 11) is 0. The maximum Gasteiger partial charge on any atom is 0.255 e. The Morgan fingerprint density at radius 1 is 1.07 bits per heavy atom. The minimum absolute atomic E-state index is 0.0792. The molecule has 0 spiro atoms. The maximum absolute atomic E-state index is 12.8. The summed E-state index contributed by atoms with van der Waals surface area (Å²) in [6.45, 7) is 3.62. The topological polar surface area (TPSA) is 111 Å². The van der Waals surface area contributed by atoms with Gasteiger partial charge in [-0.2, -0.15) is 0 Å². The number of nitrogens with two attached hydrogens (primary N) is 1. The Morgan fingerprint density at radius 2 is 1.69 bits per heavy atom. The van der Waals surface area contributed by atoms with Crippen LogP contribution in [0.5, 0.6) is 5.75 Å². The van der Waals surface area contributed by atoms with Gasteiger partial charge in [-0.1, -0.05) is 31.9 Å². The van der Waals surface area contributed by atoms with Crippen molar-refractivity contribution in [2.75, 3.05) is 11.9 Å². The molecule has 4 N–H and O–H groups in total. The molecule has 0 fully saturated rings. The summed E-state index contributed by atoms with van der Waals surface area (Å²) in [5, 5.41) is 6.12. The molecule has 0 radical (unpaired) electrons. The highest BCUT2D eigenvalue weighted by atomic mass is 35.5. The van der Waals surface area contributed by atoms with Crippen molar-refractivity contribution in [2.24, 2.45) is 11.7 Å². The van der Waals surface area contributed by atoms with Crippen LogP contribution in [-0.2, 0) is 9.59 Å². The molecule has 2 rings (SSSR count). The Hall–Kier alpha value is -3.06. The first-order chi connectivity index (χ1) is 13.8. The Labute approximate surface area is 174 Å². The molecule has 0 heterocycles. The van der Waals surface area contributed by atoms with Crippen LogP contribution < -0.4 is 21.1 Å². The maximum atomic E-state index is 12.8. The fourth-order valence-electron chi connectivity index (χ4n) is 2.54. The number of nitrogens with one attached hydrogen (secondary N) is 2. The normalized spacial score (nSPS) is 12.5. The Balaban J connectivity index is 2.05. The number of benzene rings is 2. The van der Waals surface area contributed by atoms with Gasteiger partial charge in [-0.25, -0.2) is 0 Å². The Morgan fingerprint density at radius 3 is 2.24 bits per heavy atom. The summed E-state index contributed by atoms with van der Waals surface area (Å²) in [5.41, 5.74) is 6.00. The fourth-order valence-corrected chi connectivity index (χ4v) is 2.66. The van der Waals surface area contributed by atoms with Crippen molar-refractivity contribution in [3.63, 3.8) is 0 Å². The van der Waals surface area contributed by atoms with E-state index in [1.165, 1.54) is 0 Å². The van der Waals surface area contributed by atoms with Crippen molar-refractivity contribution in [2.45, 2.75) is 26.3 Å². The molecule has 0 aliphatic rings. The molecule has 0 aliphatic heterocycles. The predicted molar refractivity (Wildman–Crippen MR) is 112 cm³/mol. The zero-order chi connectivity index (χ0) is 21.4. The molecular weight excluding hydrogens is 394 g/mol. The highest BCUT2D eigenvalue weighted by Gasteiger charge is 2.26. The lowest BCUT2D eigenvalue weighted by Crippen LogP contribution is -2.47. The van der Waals surface area contributed by atoms with Gasteiger partial charge in [0.25, 0.3) is 11.8 Å². The number of hydrogen-bond donors (Lipinski definition) is 3. The summed E-state index contributed by atoms with van der Waals surface area (Å²) >= 11 is 5.85. The molecule has 2 atom stereocenters. The van der Waals surface area contributed by atoms with Gasteiger partial charge in [0, 0.05) is 16.3 Å². The first-order valence-electron chi connectivity index (χ1n) is 9.18. The lowest BCUT2D eigenvalue weighted by molar-refractivity contribution is -0.120. The van der Waals surface area contributed by atoms with Crippen molar-refractivity contribution in [3.8, 4) is 5.75 Å². The summed E-state index contributed by atoms with van der Waals surface area (Å²) in [4.78, 5) is 36.1. The smallest absolute Gasteiger partial charge is 0.255 e. The van der Waals surface area contributed by atoms with E-state index in [1.54, 1.807) is 48.5 Å². The molecule has 8 heteroatoms. The van der Waals surface area contributed by atoms with Crippen LogP contribution in [0.1, 0.15) is 30.6 Å². The van der Waals surface area contributed by atoms with Crippen LogP contribution in [0.15, 0.2) is 48.5 Å². The zero-order valence-electron chi connectivity index (χ0n) is 16.3. The molecule has 2 aromatic rings. The number of halogens is 1. The van der Waals surface area contributed by atoms with E-state index in [-0.39, 0.29) is 24.3 Å². The van der Waals surface area contributed by atoms with Gasteiger partial charge in [0.1, 0.15) is 11.8 Å². The Bertz CT molecular complexity index is 853. The molecule has 0 aromatic heterocycles. The standard InChI is InChI=1S/C21H24ClN3O4/c1-3-13(2)19(25-20(27)14-4-6-15(22)7-5-14)21(28)24-16-8-10-17(11-9-16)29-12-18(23)26/h4-11,13,19H,3,12H2,1-2H3,(H2,23,26)(H,24,28)(H,25,27). The number of carbonyl (C=O) groups excluding carboxylic acids is 3. The molecule has 29 heavy (non-hydrogen) atoms. The summed E-state index contributed by atoms with van der Waals surface area (Å²) in [5.74, 6) is -0.874. The highest BCUT2D eigenvalue weighted by Crippen LogP contribution is 2.18. The number of rotatable bonds is 9. The first kappa shape index (κ1) is 22.2. The van der Waals surface area contributed by atoms with E-state index >= 15 is 0 Å². The van der Waals surface area contributed by atoms with Gasteiger partial charge in [0.2, 0.25) is 5.91 Å². The van der Waals surface area contributed by atoms with Crippen molar-refractivity contribution in [3.05, 3.63) is 59.1 Å². The Kier molecular flexibility index (Phi) is 8.03. The van der Waals surface area contributed by atoms with Crippen molar-refractivity contribution in [1.29, 1.82) is 0 Å². The predicted octanol–water partition coefficient (Wildman–Crippen LogP) is 2.99. The largest absolute Gasteiger partial charge is 0.484 e. The lowest BCUT2D eigenvalue weighted by Gasteiger charge is -2.23. The average Bonchev–Trinajstić information content (AvgIpc) is 2.71. The molecule has 0 aliphatic carbocycles. The lowest BCUT2D eigenvalue weighted by atomic mass is 9.97. The molecule has 7 nitrogen and oxygen atoms in total. The quantitative estimate of drug-likeness (QED) is 0.582. The zero-order valence-corrected chi connectivity index (χ0v) is 17.0. The third kappa shape index (κ3) is 6.80. The molecule has 0 saturated heterocycles. The van der Waals surface area contributed by atoms with Crippen LogP contribution in [0.2, 0.25) is 5.02 Å². The fraction of sp³-hybridized carbons (Fsp3) is 0.286. The minimum Gasteiger partial charge on any atom is -0.484 e. The van der Waals surface area contributed by atoms with Crippen LogP contribution in [0.3, 0.4) is 0 Å². The second kappa shape index (κ2) is 10.5. The third-order valence-corrected chi connectivity index (χ3v) is 4.64. The first-order valence-corrected chi connectivity index (χ1v) is 9.56. The molecule has 154 valence electrons. The number of carbonyl (C=O) groups is 3. The molecule has 2 unspecified atom stereocenters. The van der Waals surface area contributed by atoms with Gasteiger partial charge in [0.15, 0.2) is 6.61 Å². The van der Waals surface area contributed by atoms with E-state index in [0.717, 1.165) is 0 Å². The van der Waals surface area contributed by atoms with Crippen LogP contribution in [0.4, 0.5) is 5.69 Å². The SMILES string of the molecule is CCC(C)C(NC(=O)c1ccc(Cl)cc1)C(=O)Nc1ccc(OCC(N)=O)cc1. The van der Waals surface area contributed by atoms with Gasteiger partial charge in [-0.3, -0.25) is 14.4 Å². The van der Waals surface area contributed by atoms with Gasteiger partial charge in [-0.05, 0) is 54.4 Å². The number of amides is 3. The van der Waals surface area contributed by atoms with Crippen molar-refractivity contribution >= 4 is 35.0 Å². The minimum atomic E-state index is -0.714. The van der Waals surface area contributed by atoms with E-state index in [1.807, 2.05) is 13.8 Å². The monoisotopic (exact) mass is 417 g/mol. The molecule has 3 amide bonds. The van der Waals surface area contributed by atoms with Crippen LogP contribution in [-0.4, -0.2) is 30.4 Å². The summed E-state index contributed by atoms with van der Waals surface area (Å²) < 4.78 is 5.19. The highest BCUT2D eigenvalue weighted by molar-refractivity contribution is 6.30. The van der Waals surface area contributed by atoms with Gasteiger partial charge >= 0.3 is 0 Å². The van der Waals surface area contributed by atoms with Gasteiger partial charge in [0.05, 0.1) is 0 Å². The number of anilines is 1. The van der Waals surface area contributed by atoms with Crippen LogP contribution in [0, 0.1) is 5.92 Å². The molecule has 2 aromatic carbocycles. The second-order valence-electron chi connectivity index (χ2n) is 6.61. The second-order valence-corrected chi connectivity index (χ2v) is 7.05. The average molecular weight is 418 g/mol. The van der Waals surface area contributed by atoms with E-state index in [4.69, 9.17) is 22.1 Å². The number of primary amides is 1. The van der Waals surface area contributed by atoms with Crippen molar-refractivity contribution in [1.82, 2.24) is 5.32 Å². The number of hydrogen-bond acceptors (Lipinski definition) is 4. The van der Waals surface area contributed by atoms with Crippen molar-refractivity contribution < 1.29 is 19.1 Å². The van der Waals surface area contributed by atoms with E-state index < -0.39 is 11.9 Å². The molecule has 0 bridgehead atoms. The summed E-state index contributed by atoms with van der Waals surface area (Å²) in [6.07, 6.45) is 0.707. The van der Waals surface area contributed by atoms with E-state index in [2.05, 4.69) is 10.6 Å².